The van der Waals surface area contributed by atoms with Crippen molar-refractivity contribution in [1.29, 1.82) is 0 Å². The maximum absolute atomic E-state index is 12.2. The molecule has 0 amide bonds. The lowest BCUT2D eigenvalue weighted by molar-refractivity contribution is -0.136. The molecular formula is C27H33NO4. The van der Waals surface area contributed by atoms with E-state index in [4.69, 9.17) is 14.2 Å². The Hall–Kier alpha value is -2.79. The number of hydrogen-bond donors (Lipinski definition) is 0. The first kappa shape index (κ1) is 22.4. The first-order chi connectivity index (χ1) is 15.7. The topological polar surface area (TPSA) is 48.0 Å². The molecule has 0 saturated heterocycles. The van der Waals surface area contributed by atoms with Gasteiger partial charge in [-0.2, -0.15) is 0 Å². The van der Waals surface area contributed by atoms with Gasteiger partial charge in [-0.1, -0.05) is 25.5 Å². The van der Waals surface area contributed by atoms with Gasteiger partial charge in [0.05, 0.1) is 13.7 Å². The third kappa shape index (κ3) is 5.16. The van der Waals surface area contributed by atoms with Gasteiger partial charge in [0.15, 0.2) is 0 Å². The van der Waals surface area contributed by atoms with Gasteiger partial charge in [0.1, 0.15) is 12.4 Å². The second-order valence-corrected chi connectivity index (χ2v) is 8.41. The highest BCUT2D eigenvalue weighted by molar-refractivity contribution is 5.96. The first-order valence-electron chi connectivity index (χ1n) is 11.7. The summed E-state index contributed by atoms with van der Waals surface area (Å²) in [5.74, 6) is 0.624. The zero-order valence-corrected chi connectivity index (χ0v) is 19.2. The molecule has 0 unspecified atom stereocenters. The van der Waals surface area contributed by atoms with Crippen molar-refractivity contribution < 1.29 is 19.0 Å². The van der Waals surface area contributed by atoms with Crippen LogP contribution in [0.5, 0.6) is 5.75 Å². The highest BCUT2D eigenvalue weighted by Crippen LogP contribution is 2.39. The van der Waals surface area contributed by atoms with Crippen LogP contribution in [0.3, 0.4) is 0 Å². The molecule has 2 aliphatic heterocycles. The van der Waals surface area contributed by atoms with Crippen molar-refractivity contribution in [3.8, 4) is 16.9 Å². The van der Waals surface area contributed by atoms with E-state index in [1.54, 1.807) is 0 Å². The molecule has 2 aliphatic rings. The van der Waals surface area contributed by atoms with Gasteiger partial charge in [-0.25, -0.2) is 4.79 Å². The standard InChI is InChI=1S/C27H33NO4/c1-3-4-14-31-15-16-32-25-9-7-20(8-10-25)23-17-21-11-13-28-12-5-6-22(27(29)30-2)18-24(19-23)26(21)28/h7-10,17-19H,3-6,11-16H2,1-2H3/b22-18+. The molecule has 2 aromatic carbocycles. The van der Waals surface area contributed by atoms with Crippen LogP contribution in [-0.4, -0.2) is 46.0 Å². The van der Waals surface area contributed by atoms with Gasteiger partial charge in [-0.15, -0.1) is 0 Å². The minimum Gasteiger partial charge on any atom is -0.491 e. The normalized spacial score (nSPS) is 16.6. The van der Waals surface area contributed by atoms with E-state index >= 15 is 0 Å². The molecule has 32 heavy (non-hydrogen) atoms. The fraction of sp³-hybridized carbons (Fsp3) is 0.444. The minimum atomic E-state index is -0.226. The summed E-state index contributed by atoms with van der Waals surface area (Å²) in [6.07, 6.45) is 7.01. The average molecular weight is 436 g/mol. The number of esters is 1. The van der Waals surface area contributed by atoms with Gasteiger partial charge in [-0.05, 0) is 78.3 Å². The number of benzene rings is 2. The van der Waals surface area contributed by atoms with E-state index in [1.165, 1.54) is 18.4 Å². The molecule has 2 aromatic rings. The first-order valence-corrected chi connectivity index (χ1v) is 11.7. The fourth-order valence-electron chi connectivity index (χ4n) is 4.49. The highest BCUT2D eigenvalue weighted by atomic mass is 16.5. The molecule has 0 spiro atoms. The van der Waals surface area contributed by atoms with Crippen LogP contribution in [0.4, 0.5) is 5.69 Å². The van der Waals surface area contributed by atoms with Crippen molar-refractivity contribution in [3.05, 3.63) is 53.1 Å². The second kappa shape index (κ2) is 10.7. The third-order valence-electron chi connectivity index (χ3n) is 6.16. The van der Waals surface area contributed by atoms with E-state index < -0.39 is 0 Å². The Morgan fingerprint density at radius 2 is 1.84 bits per heavy atom. The molecule has 0 atom stereocenters. The Morgan fingerprint density at radius 3 is 2.62 bits per heavy atom. The summed E-state index contributed by atoms with van der Waals surface area (Å²) in [6.45, 7) is 6.14. The summed E-state index contributed by atoms with van der Waals surface area (Å²) < 4.78 is 16.4. The van der Waals surface area contributed by atoms with Crippen molar-refractivity contribution >= 4 is 17.7 Å². The van der Waals surface area contributed by atoms with Crippen molar-refractivity contribution in [3.63, 3.8) is 0 Å². The van der Waals surface area contributed by atoms with Crippen molar-refractivity contribution in [1.82, 2.24) is 0 Å². The van der Waals surface area contributed by atoms with Gasteiger partial charge in [-0.3, -0.25) is 0 Å². The van der Waals surface area contributed by atoms with Crippen LogP contribution in [0.25, 0.3) is 17.2 Å². The summed E-state index contributed by atoms with van der Waals surface area (Å²) >= 11 is 0. The van der Waals surface area contributed by atoms with Crippen LogP contribution in [0.15, 0.2) is 42.0 Å². The zero-order valence-electron chi connectivity index (χ0n) is 19.2. The maximum Gasteiger partial charge on any atom is 0.333 e. The molecule has 0 aliphatic carbocycles. The molecule has 0 bridgehead atoms. The Labute approximate surface area is 191 Å². The fourth-order valence-corrected chi connectivity index (χ4v) is 4.49. The highest BCUT2D eigenvalue weighted by Gasteiger charge is 2.25. The third-order valence-corrected chi connectivity index (χ3v) is 6.16. The van der Waals surface area contributed by atoms with Crippen molar-refractivity contribution in [2.24, 2.45) is 0 Å². The average Bonchev–Trinajstić information content (AvgIpc) is 3.22. The molecule has 4 rings (SSSR count). The van der Waals surface area contributed by atoms with Gasteiger partial charge >= 0.3 is 5.97 Å². The van der Waals surface area contributed by atoms with Crippen molar-refractivity contribution in [2.45, 2.75) is 39.0 Å². The van der Waals surface area contributed by atoms with E-state index in [1.807, 2.05) is 18.2 Å². The number of hydrogen-bond acceptors (Lipinski definition) is 5. The smallest absolute Gasteiger partial charge is 0.333 e. The predicted molar refractivity (Wildman–Crippen MR) is 128 cm³/mol. The lowest BCUT2D eigenvalue weighted by atomic mass is 9.95. The lowest BCUT2D eigenvalue weighted by Gasteiger charge is -2.24. The number of ether oxygens (including phenoxy) is 3. The summed E-state index contributed by atoms with van der Waals surface area (Å²) in [7, 11) is 1.45. The molecule has 5 heteroatoms. The number of carbonyl (C=O) groups is 1. The molecular weight excluding hydrogens is 402 g/mol. The monoisotopic (exact) mass is 435 g/mol. The van der Waals surface area contributed by atoms with Gasteiger partial charge in [0.25, 0.3) is 0 Å². The van der Waals surface area contributed by atoms with Crippen LogP contribution in [0, 0.1) is 0 Å². The molecule has 0 saturated carbocycles. The molecule has 0 radical (unpaired) electrons. The molecule has 0 fully saturated rings. The quantitative estimate of drug-likeness (QED) is 0.397. The molecule has 170 valence electrons. The summed E-state index contributed by atoms with van der Waals surface area (Å²) in [4.78, 5) is 14.7. The Kier molecular flexibility index (Phi) is 7.48. The summed E-state index contributed by atoms with van der Waals surface area (Å²) in [5.41, 5.74) is 6.80. The zero-order chi connectivity index (χ0) is 22.3. The van der Waals surface area contributed by atoms with Crippen LogP contribution < -0.4 is 9.64 Å². The van der Waals surface area contributed by atoms with E-state index in [0.717, 1.165) is 79.8 Å². The van der Waals surface area contributed by atoms with E-state index in [-0.39, 0.29) is 5.97 Å². The van der Waals surface area contributed by atoms with Crippen LogP contribution in [-0.2, 0) is 20.7 Å². The Morgan fingerprint density at radius 1 is 1.00 bits per heavy atom. The molecule has 5 nitrogen and oxygen atoms in total. The number of methoxy groups -OCH3 is 1. The second-order valence-electron chi connectivity index (χ2n) is 8.41. The van der Waals surface area contributed by atoms with Crippen LogP contribution in [0.1, 0.15) is 43.7 Å². The van der Waals surface area contributed by atoms with Crippen molar-refractivity contribution in [2.75, 3.05) is 44.9 Å². The number of nitrogens with zero attached hydrogens (tertiary/aromatic N) is 1. The summed E-state index contributed by atoms with van der Waals surface area (Å²) in [6, 6.07) is 12.7. The van der Waals surface area contributed by atoms with Gasteiger partial charge < -0.3 is 19.1 Å². The Balaban J connectivity index is 1.53. The molecule has 2 heterocycles. The van der Waals surface area contributed by atoms with E-state index in [2.05, 4.69) is 36.1 Å². The van der Waals surface area contributed by atoms with Crippen LogP contribution in [0.2, 0.25) is 0 Å². The maximum atomic E-state index is 12.2. The largest absolute Gasteiger partial charge is 0.491 e. The SMILES string of the molecule is CCCCOCCOc1ccc(-c2cc3c4c(c2)CCN4CCC/C(C(=O)OC)=C\3)cc1. The predicted octanol–water partition coefficient (Wildman–Crippen LogP) is 5.26. The number of carbonyl (C=O) groups excluding carboxylic acids is 1. The number of unbranched alkanes of at least 4 members (excludes halogenated alkanes) is 1. The Bertz CT molecular complexity index is 964. The minimum absolute atomic E-state index is 0.226. The van der Waals surface area contributed by atoms with Gasteiger partial charge in [0.2, 0.25) is 0 Å². The number of rotatable bonds is 9. The number of anilines is 1. The van der Waals surface area contributed by atoms with Gasteiger partial charge in [0, 0.05) is 31.0 Å². The lowest BCUT2D eigenvalue weighted by Crippen LogP contribution is -2.24. The molecule has 0 aromatic heterocycles. The van der Waals surface area contributed by atoms with E-state index in [0.29, 0.717) is 13.2 Å². The van der Waals surface area contributed by atoms with Crippen LogP contribution >= 0.6 is 0 Å². The summed E-state index contributed by atoms with van der Waals surface area (Å²) in [5, 5.41) is 0. The molecule has 0 N–H and O–H groups in total. The van der Waals surface area contributed by atoms with E-state index in [9.17, 15) is 4.79 Å².